The molecule has 1 fully saturated rings. The van der Waals surface area contributed by atoms with E-state index < -0.39 is 10.0 Å². The van der Waals surface area contributed by atoms with Crippen molar-refractivity contribution in [2.24, 2.45) is 7.05 Å². The molecule has 0 bridgehead atoms. The predicted octanol–water partition coefficient (Wildman–Crippen LogP) is 2.15. The van der Waals surface area contributed by atoms with E-state index in [-0.39, 0.29) is 11.8 Å². The van der Waals surface area contributed by atoms with Crippen molar-refractivity contribution >= 4 is 15.7 Å². The summed E-state index contributed by atoms with van der Waals surface area (Å²) >= 11 is 0. The molecule has 1 atom stereocenters. The van der Waals surface area contributed by atoms with Crippen LogP contribution in [0.3, 0.4) is 0 Å². The van der Waals surface area contributed by atoms with Crippen LogP contribution in [-0.2, 0) is 23.6 Å². The maximum absolute atomic E-state index is 12.1. The van der Waals surface area contributed by atoms with Crippen LogP contribution in [0.1, 0.15) is 30.8 Å². The van der Waals surface area contributed by atoms with Gasteiger partial charge in [-0.25, -0.2) is 13.4 Å². The molecule has 0 N–H and O–H groups in total. The standard InChI is InChI=1S/C17H24N4O2S/c1-14(20(3)13-17-18-8-10-19(17)2)15-6-4-7-16(12-15)21-9-5-11-24(21,22)23/h4,6-8,10,12,14H,5,9,11,13H2,1-3H3/t14-/m1/s1. The number of aryl methyl sites for hydroxylation is 1. The minimum Gasteiger partial charge on any atom is -0.337 e. The maximum Gasteiger partial charge on any atom is 0.235 e. The summed E-state index contributed by atoms with van der Waals surface area (Å²) in [4.78, 5) is 6.57. The zero-order valence-corrected chi connectivity index (χ0v) is 15.2. The normalized spacial score (nSPS) is 18.2. The van der Waals surface area contributed by atoms with Gasteiger partial charge < -0.3 is 4.57 Å². The first-order chi connectivity index (χ1) is 11.4. The van der Waals surface area contributed by atoms with Gasteiger partial charge in [-0.2, -0.15) is 0 Å². The molecule has 0 aliphatic carbocycles. The van der Waals surface area contributed by atoms with Crippen LogP contribution in [0.2, 0.25) is 0 Å². The molecule has 3 rings (SSSR count). The van der Waals surface area contributed by atoms with Crippen molar-refractivity contribution < 1.29 is 8.42 Å². The highest BCUT2D eigenvalue weighted by Gasteiger charge is 2.28. The quantitative estimate of drug-likeness (QED) is 0.831. The van der Waals surface area contributed by atoms with E-state index in [1.165, 1.54) is 4.31 Å². The minimum absolute atomic E-state index is 0.159. The fourth-order valence-electron chi connectivity index (χ4n) is 3.03. The SMILES string of the molecule is C[C@H](c1cccc(N2CCCS2(=O)=O)c1)N(C)Cc1nccn1C. The highest BCUT2D eigenvalue weighted by Crippen LogP contribution is 2.28. The van der Waals surface area contributed by atoms with Crippen molar-refractivity contribution in [3.63, 3.8) is 0 Å². The second-order valence-electron chi connectivity index (χ2n) is 6.38. The van der Waals surface area contributed by atoms with E-state index in [0.29, 0.717) is 13.0 Å². The van der Waals surface area contributed by atoms with Gasteiger partial charge in [0.15, 0.2) is 0 Å². The Labute approximate surface area is 143 Å². The van der Waals surface area contributed by atoms with Gasteiger partial charge in [0.05, 0.1) is 18.0 Å². The van der Waals surface area contributed by atoms with Crippen LogP contribution in [0.5, 0.6) is 0 Å². The molecule has 2 aromatic rings. The Hall–Kier alpha value is -1.86. The molecule has 1 aliphatic heterocycles. The van der Waals surface area contributed by atoms with Crippen molar-refractivity contribution in [3.05, 3.63) is 48.0 Å². The van der Waals surface area contributed by atoms with E-state index in [4.69, 9.17) is 0 Å². The van der Waals surface area contributed by atoms with E-state index in [1.807, 2.05) is 42.1 Å². The Morgan fingerprint density at radius 1 is 1.38 bits per heavy atom. The van der Waals surface area contributed by atoms with Gasteiger partial charge in [-0.1, -0.05) is 12.1 Å². The Bertz CT molecular complexity index is 816. The number of aromatic nitrogens is 2. The van der Waals surface area contributed by atoms with Crippen molar-refractivity contribution in [2.45, 2.75) is 25.9 Å². The molecule has 1 aromatic heterocycles. The molecule has 1 aromatic carbocycles. The molecule has 24 heavy (non-hydrogen) atoms. The molecule has 6 nitrogen and oxygen atoms in total. The van der Waals surface area contributed by atoms with Crippen LogP contribution < -0.4 is 4.31 Å². The van der Waals surface area contributed by atoms with E-state index >= 15 is 0 Å². The topological polar surface area (TPSA) is 58.4 Å². The lowest BCUT2D eigenvalue weighted by Gasteiger charge is -2.26. The average Bonchev–Trinajstić information content (AvgIpc) is 3.11. The number of sulfonamides is 1. The molecule has 7 heteroatoms. The lowest BCUT2D eigenvalue weighted by molar-refractivity contribution is 0.244. The summed E-state index contributed by atoms with van der Waals surface area (Å²) in [6.07, 6.45) is 4.43. The number of rotatable bonds is 5. The van der Waals surface area contributed by atoms with E-state index in [0.717, 1.165) is 23.6 Å². The molecular formula is C17H24N4O2S. The third-order valence-electron chi connectivity index (χ3n) is 4.71. The number of hydrogen-bond donors (Lipinski definition) is 0. The zero-order valence-electron chi connectivity index (χ0n) is 14.4. The summed E-state index contributed by atoms with van der Waals surface area (Å²) < 4.78 is 27.8. The number of nitrogens with zero attached hydrogens (tertiary/aromatic N) is 4. The molecule has 130 valence electrons. The smallest absolute Gasteiger partial charge is 0.235 e. The Morgan fingerprint density at radius 3 is 2.79 bits per heavy atom. The van der Waals surface area contributed by atoms with Gasteiger partial charge in [-0.3, -0.25) is 9.21 Å². The van der Waals surface area contributed by atoms with Gasteiger partial charge in [0.1, 0.15) is 5.82 Å². The second kappa shape index (κ2) is 6.57. The van der Waals surface area contributed by atoms with Crippen molar-refractivity contribution in [1.82, 2.24) is 14.5 Å². The van der Waals surface area contributed by atoms with Gasteiger partial charge in [-0.15, -0.1) is 0 Å². The number of benzene rings is 1. The Balaban J connectivity index is 1.79. The Kier molecular flexibility index (Phi) is 4.64. The molecule has 1 aliphatic rings. The van der Waals surface area contributed by atoms with Crippen molar-refractivity contribution in [3.8, 4) is 0 Å². The first-order valence-corrected chi connectivity index (χ1v) is 9.76. The van der Waals surface area contributed by atoms with Gasteiger partial charge in [-0.05, 0) is 38.1 Å². The van der Waals surface area contributed by atoms with Crippen LogP contribution in [0, 0.1) is 0 Å². The largest absolute Gasteiger partial charge is 0.337 e. The molecule has 0 radical (unpaired) electrons. The van der Waals surface area contributed by atoms with Crippen LogP contribution in [0.25, 0.3) is 0 Å². The van der Waals surface area contributed by atoms with Crippen LogP contribution in [-0.4, -0.2) is 42.2 Å². The lowest BCUT2D eigenvalue weighted by atomic mass is 10.1. The fraction of sp³-hybridized carbons (Fsp3) is 0.471. The third kappa shape index (κ3) is 3.32. The summed E-state index contributed by atoms with van der Waals surface area (Å²) in [5, 5.41) is 0. The van der Waals surface area contributed by atoms with E-state index in [9.17, 15) is 8.42 Å². The van der Waals surface area contributed by atoms with Crippen LogP contribution in [0.4, 0.5) is 5.69 Å². The molecule has 0 amide bonds. The number of anilines is 1. The van der Waals surface area contributed by atoms with Gasteiger partial charge >= 0.3 is 0 Å². The molecule has 1 saturated heterocycles. The number of imidazole rings is 1. The summed E-state index contributed by atoms with van der Waals surface area (Å²) in [6.45, 7) is 3.43. The van der Waals surface area contributed by atoms with E-state index in [2.05, 4.69) is 23.9 Å². The Morgan fingerprint density at radius 2 is 2.17 bits per heavy atom. The fourth-order valence-corrected chi connectivity index (χ4v) is 4.59. The lowest BCUT2D eigenvalue weighted by Crippen LogP contribution is -2.26. The molecule has 2 heterocycles. The highest BCUT2D eigenvalue weighted by molar-refractivity contribution is 7.93. The van der Waals surface area contributed by atoms with E-state index in [1.54, 1.807) is 6.20 Å². The second-order valence-corrected chi connectivity index (χ2v) is 8.39. The van der Waals surface area contributed by atoms with Crippen LogP contribution in [0.15, 0.2) is 36.7 Å². The summed E-state index contributed by atoms with van der Waals surface area (Å²) in [6, 6.07) is 8.00. The van der Waals surface area contributed by atoms with Crippen molar-refractivity contribution in [2.75, 3.05) is 23.7 Å². The zero-order chi connectivity index (χ0) is 17.3. The van der Waals surface area contributed by atoms with Gasteiger partial charge in [0.2, 0.25) is 10.0 Å². The van der Waals surface area contributed by atoms with Gasteiger partial charge in [0, 0.05) is 32.0 Å². The predicted molar refractivity (Wildman–Crippen MR) is 95.3 cm³/mol. The first kappa shape index (κ1) is 17.0. The summed E-state index contributed by atoms with van der Waals surface area (Å²) in [5.41, 5.74) is 1.87. The average molecular weight is 348 g/mol. The molecular weight excluding hydrogens is 324 g/mol. The summed E-state index contributed by atoms with van der Waals surface area (Å²) in [7, 11) is 0.897. The highest BCUT2D eigenvalue weighted by atomic mass is 32.2. The maximum atomic E-state index is 12.1. The first-order valence-electron chi connectivity index (χ1n) is 8.15. The monoisotopic (exact) mass is 348 g/mol. The minimum atomic E-state index is -3.14. The molecule has 0 saturated carbocycles. The molecule has 0 spiro atoms. The number of hydrogen-bond acceptors (Lipinski definition) is 4. The van der Waals surface area contributed by atoms with Gasteiger partial charge in [0.25, 0.3) is 0 Å². The third-order valence-corrected chi connectivity index (χ3v) is 6.58. The molecule has 0 unspecified atom stereocenters. The van der Waals surface area contributed by atoms with Crippen LogP contribution >= 0.6 is 0 Å². The van der Waals surface area contributed by atoms with Crippen molar-refractivity contribution in [1.29, 1.82) is 0 Å². The summed E-state index contributed by atoms with van der Waals surface area (Å²) in [5.74, 6) is 1.24.